The van der Waals surface area contributed by atoms with Gasteiger partial charge in [0.15, 0.2) is 0 Å². The number of hydrogen-bond acceptors (Lipinski definition) is 6. The van der Waals surface area contributed by atoms with Crippen LogP contribution in [0.1, 0.15) is 23.8 Å². The fourth-order valence-corrected chi connectivity index (χ4v) is 3.01. The third-order valence-corrected chi connectivity index (χ3v) is 4.56. The first-order valence-electron chi connectivity index (χ1n) is 9.11. The summed E-state index contributed by atoms with van der Waals surface area (Å²) >= 11 is 0. The van der Waals surface area contributed by atoms with Gasteiger partial charge in [-0.05, 0) is 35.2 Å². The lowest BCUT2D eigenvalue weighted by molar-refractivity contribution is 0.0916. The lowest BCUT2D eigenvalue weighted by atomic mass is 10.1. The fraction of sp³-hybridized carbons (Fsp3) is 0.190. The van der Waals surface area contributed by atoms with Crippen LogP contribution in [0.5, 0.6) is 5.88 Å². The van der Waals surface area contributed by atoms with Gasteiger partial charge in [-0.1, -0.05) is 48.4 Å². The van der Waals surface area contributed by atoms with Crippen molar-refractivity contribution in [3.8, 4) is 5.88 Å². The van der Waals surface area contributed by atoms with Crippen molar-refractivity contribution in [2.45, 2.75) is 19.4 Å². The molecular formula is C21H19N5O2. The summed E-state index contributed by atoms with van der Waals surface area (Å²) in [5.41, 5.74) is 1.12. The van der Waals surface area contributed by atoms with Crippen LogP contribution in [0.25, 0.3) is 21.7 Å². The highest BCUT2D eigenvalue weighted by Crippen LogP contribution is 2.20. The Morgan fingerprint density at radius 1 is 1.04 bits per heavy atom. The highest BCUT2D eigenvalue weighted by molar-refractivity contribution is 6.05. The van der Waals surface area contributed by atoms with Crippen molar-refractivity contribution in [1.29, 1.82) is 0 Å². The van der Waals surface area contributed by atoms with Gasteiger partial charge < -0.3 is 10.1 Å². The van der Waals surface area contributed by atoms with Gasteiger partial charge in [-0.3, -0.25) is 9.78 Å². The molecular weight excluding hydrogens is 354 g/mol. The molecule has 140 valence electrons. The monoisotopic (exact) mass is 373 g/mol. The highest BCUT2D eigenvalue weighted by Gasteiger charge is 2.17. The summed E-state index contributed by atoms with van der Waals surface area (Å²) in [6.45, 7) is 2.26. The number of benzene rings is 2. The Hall–Kier alpha value is -3.61. The first-order valence-corrected chi connectivity index (χ1v) is 9.11. The third-order valence-electron chi connectivity index (χ3n) is 4.56. The quantitative estimate of drug-likeness (QED) is 0.558. The van der Waals surface area contributed by atoms with Gasteiger partial charge in [0.1, 0.15) is 17.8 Å². The second-order valence-corrected chi connectivity index (χ2v) is 6.38. The van der Waals surface area contributed by atoms with E-state index in [4.69, 9.17) is 4.74 Å². The number of carbonyl (C=O) groups is 1. The molecule has 2 aromatic heterocycles. The van der Waals surface area contributed by atoms with E-state index in [9.17, 15) is 4.79 Å². The molecule has 1 N–H and O–H groups in total. The van der Waals surface area contributed by atoms with E-state index in [1.54, 1.807) is 6.20 Å². The van der Waals surface area contributed by atoms with E-state index in [1.165, 1.54) is 0 Å². The Bertz CT molecular complexity index is 1120. The molecule has 4 aromatic rings. The van der Waals surface area contributed by atoms with Crippen LogP contribution in [0.3, 0.4) is 0 Å². The minimum atomic E-state index is -0.224. The van der Waals surface area contributed by atoms with Crippen LogP contribution in [0.4, 0.5) is 0 Å². The number of nitrogens with one attached hydrogen (secondary N) is 1. The van der Waals surface area contributed by atoms with Crippen molar-refractivity contribution in [3.63, 3.8) is 0 Å². The SMILES string of the molecule is CC[C@@H](COc1nnnc2ccccc12)NC(=O)c1nccc2ccccc12. The number of nitrogens with zero attached hydrogens (tertiary/aromatic N) is 4. The maximum absolute atomic E-state index is 12.8. The summed E-state index contributed by atoms with van der Waals surface area (Å²) in [4.78, 5) is 17.1. The van der Waals surface area contributed by atoms with Crippen LogP contribution in [0, 0.1) is 0 Å². The number of pyridine rings is 1. The maximum Gasteiger partial charge on any atom is 0.270 e. The van der Waals surface area contributed by atoms with Gasteiger partial charge in [0.2, 0.25) is 5.88 Å². The molecule has 4 rings (SSSR count). The van der Waals surface area contributed by atoms with E-state index in [0.29, 0.717) is 23.5 Å². The molecule has 0 bridgehead atoms. The van der Waals surface area contributed by atoms with Crippen LogP contribution in [-0.4, -0.2) is 39.0 Å². The molecule has 0 fully saturated rings. The van der Waals surface area contributed by atoms with Gasteiger partial charge in [-0.2, -0.15) is 0 Å². The van der Waals surface area contributed by atoms with Crippen molar-refractivity contribution >= 4 is 27.6 Å². The Balaban J connectivity index is 1.49. The summed E-state index contributed by atoms with van der Waals surface area (Å²) in [5.74, 6) is 0.180. The van der Waals surface area contributed by atoms with E-state index in [0.717, 1.165) is 16.2 Å². The summed E-state index contributed by atoms with van der Waals surface area (Å²) in [6, 6.07) is 16.9. The number of aromatic nitrogens is 4. The van der Waals surface area contributed by atoms with E-state index in [-0.39, 0.29) is 18.6 Å². The Morgan fingerprint density at radius 3 is 2.68 bits per heavy atom. The zero-order valence-corrected chi connectivity index (χ0v) is 15.4. The predicted molar refractivity (Wildman–Crippen MR) is 106 cm³/mol. The number of rotatable bonds is 6. The average molecular weight is 373 g/mol. The number of hydrogen-bond donors (Lipinski definition) is 1. The molecule has 0 radical (unpaired) electrons. The molecule has 0 saturated heterocycles. The molecule has 7 nitrogen and oxygen atoms in total. The molecule has 0 aliphatic carbocycles. The van der Waals surface area contributed by atoms with Crippen LogP contribution in [-0.2, 0) is 0 Å². The average Bonchev–Trinajstić information content (AvgIpc) is 2.76. The van der Waals surface area contributed by atoms with E-state index in [2.05, 4.69) is 25.7 Å². The minimum absolute atomic E-state index is 0.193. The van der Waals surface area contributed by atoms with E-state index >= 15 is 0 Å². The van der Waals surface area contributed by atoms with Crippen molar-refractivity contribution in [2.24, 2.45) is 0 Å². The normalized spacial score (nSPS) is 12.0. The number of ether oxygens (including phenoxy) is 1. The molecule has 1 amide bonds. The van der Waals surface area contributed by atoms with E-state index < -0.39 is 0 Å². The van der Waals surface area contributed by atoms with Gasteiger partial charge in [0, 0.05) is 11.6 Å². The van der Waals surface area contributed by atoms with Crippen LogP contribution >= 0.6 is 0 Å². The summed E-state index contributed by atoms with van der Waals surface area (Å²) in [6.07, 6.45) is 2.35. The minimum Gasteiger partial charge on any atom is -0.474 e. The second-order valence-electron chi connectivity index (χ2n) is 6.38. The number of fused-ring (bicyclic) bond motifs is 2. The van der Waals surface area contributed by atoms with Gasteiger partial charge in [-0.15, -0.1) is 5.10 Å². The number of amides is 1. The van der Waals surface area contributed by atoms with Crippen molar-refractivity contribution in [1.82, 2.24) is 25.7 Å². The van der Waals surface area contributed by atoms with Gasteiger partial charge in [-0.25, -0.2) is 0 Å². The Morgan fingerprint density at radius 2 is 1.82 bits per heavy atom. The van der Waals surface area contributed by atoms with Gasteiger partial charge >= 0.3 is 0 Å². The fourth-order valence-electron chi connectivity index (χ4n) is 3.01. The lowest BCUT2D eigenvalue weighted by Crippen LogP contribution is -2.39. The lowest BCUT2D eigenvalue weighted by Gasteiger charge is -2.18. The first kappa shape index (κ1) is 17.8. The van der Waals surface area contributed by atoms with E-state index in [1.807, 2.05) is 61.5 Å². The van der Waals surface area contributed by atoms with Crippen LogP contribution in [0.2, 0.25) is 0 Å². The highest BCUT2D eigenvalue weighted by atomic mass is 16.5. The Labute approximate surface area is 161 Å². The topological polar surface area (TPSA) is 89.9 Å². The zero-order chi connectivity index (χ0) is 19.3. The summed E-state index contributed by atoms with van der Waals surface area (Å²) in [7, 11) is 0. The van der Waals surface area contributed by atoms with Crippen LogP contribution in [0.15, 0.2) is 60.8 Å². The van der Waals surface area contributed by atoms with Crippen molar-refractivity contribution in [3.05, 3.63) is 66.5 Å². The molecule has 0 unspecified atom stereocenters. The van der Waals surface area contributed by atoms with Gasteiger partial charge in [0.25, 0.3) is 5.91 Å². The molecule has 0 aliphatic heterocycles. The third kappa shape index (κ3) is 3.59. The van der Waals surface area contributed by atoms with Gasteiger partial charge in [0.05, 0.1) is 11.4 Å². The molecule has 28 heavy (non-hydrogen) atoms. The molecule has 0 aliphatic rings. The molecule has 0 saturated carbocycles. The smallest absolute Gasteiger partial charge is 0.270 e. The Kier molecular flexibility index (Phi) is 5.05. The molecule has 2 aromatic carbocycles. The molecule has 2 heterocycles. The zero-order valence-electron chi connectivity index (χ0n) is 15.4. The standard InChI is InChI=1S/C21H19N5O2/c1-2-15(13-28-21-17-9-5-6-10-18(17)24-26-25-21)23-20(27)19-16-8-4-3-7-14(16)11-12-22-19/h3-12,15H,2,13H2,1H3,(H,23,27)/t15-/m0/s1. The summed E-state index contributed by atoms with van der Waals surface area (Å²) < 4.78 is 5.85. The molecule has 0 spiro atoms. The van der Waals surface area contributed by atoms with Crippen molar-refractivity contribution in [2.75, 3.05) is 6.61 Å². The maximum atomic E-state index is 12.8. The predicted octanol–water partition coefficient (Wildman–Crippen LogP) is 3.16. The molecule has 7 heteroatoms. The molecule has 1 atom stereocenters. The van der Waals surface area contributed by atoms with Crippen molar-refractivity contribution < 1.29 is 9.53 Å². The van der Waals surface area contributed by atoms with Crippen LogP contribution < -0.4 is 10.1 Å². The summed E-state index contributed by atoms with van der Waals surface area (Å²) in [5, 5.41) is 17.3. The first-order chi connectivity index (χ1) is 13.8. The number of carbonyl (C=O) groups excluding carboxylic acids is 1. The largest absolute Gasteiger partial charge is 0.474 e. The second kappa shape index (κ2) is 7.96.